The number of nitrogens with one attached hydrogen (secondary N) is 1. The number of piperidine rings is 1. The van der Waals surface area contributed by atoms with E-state index in [0.29, 0.717) is 11.5 Å². The molecule has 196 valence electrons. The molecule has 1 aliphatic rings. The molecular formula is C32H31N5O2. The Labute approximate surface area is 229 Å². The summed E-state index contributed by atoms with van der Waals surface area (Å²) >= 11 is 0. The van der Waals surface area contributed by atoms with Crippen molar-refractivity contribution in [1.29, 1.82) is 5.26 Å². The molecule has 7 nitrogen and oxygen atoms in total. The topological polar surface area (TPSA) is 91.1 Å². The van der Waals surface area contributed by atoms with Crippen LogP contribution in [0.25, 0.3) is 11.3 Å². The molecule has 0 unspecified atom stereocenters. The first-order valence-electron chi connectivity index (χ1n) is 13.3. The number of Topliss-reactive ketones (excluding diaryl/α,β-unsaturated/α-hetero) is 1. The van der Waals surface area contributed by atoms with Crippen molar-refractivity contribution in [2.45, 2.75) is 38.3 Å². The van der Waals surface area contributed by atoms with Crippen LogP contribution >= 0.6 is 0 Å². The zero-order valence-electron chi connectivity index (χ0n) is 21.8. The first-order valence-corrected chi connectivity index (χ1v) is 13.3. The first kappa shape index (κ1) is 26.1. The number of rotatable bonds is 10. The molecule has 39 heavy (non-hydrogen) atoms. The highest BCUT2D eigenvalue weighted by atomic mass is 16.5. The van der Waals surface area contributed by atoms with Crippen molar-refractivity contribution in [1.82, 2.24) is 14.9 Å². The summed E-state index contributed by atoms with van der Waals surface area (Å²) in [5, 5.41) is 11.9. The summed E-state index contributed by atoms with van der Waals surface area (Å²) in [5.41, 5.74) is 4.46. The number of hydrogen-bond acceptors (Lipinski definition) is 7. The average Bonchev–Trinajstić information content (AvgIpc) is 2.99. The monoisotopic (exact) mass is 517 g/mol. The lowest BCUT2D eigenvalue weighted by Crippen LogP contribution is -2.37. The predicted molar refractivity (Wildman–Crippen MR) is 152 cm³/mol. The minimum Gasteiger partial charge on any atom is -0.490 e. The minimum absolute atomic E-state index is 0.0333. The van der Waals surface area contributed by atoms with Gasteiger partial charge in [-0.3, -0.25) is 9.69 Å². The normalized spacial score (nSPS) is 13.9. The molecule has 0 bridgehead atoms. The predicted octanol–water partition coefficient (Wildman–Crippen LogP) is 6.42. The van der Waals surface area contributed by atoms with Crippen molar-refractivity contribution in [3.63, 3.8) is 0 Å². The number of ketones is 1. The molecule has 1 N–H and O–H groups in total. The quantitative estimate of drug-likeness (QED) is 0.243. The smallest absolute Gasteiger partial charge is 0.227 e. The largest absolute Gasteiger partial charge is 0.490 e. The van der Waals surface area contributed by atoms with E-state index in [4.69, 9.17) is 10.00 Å². The molecule has 0 atom stereocenters. The Morgan fingerprint density at radius 2 is 1.72 bits per heavy atom. The van der Waals surface area contributed by atoms with Gasteiger partial charge in [0.1, 0.15) is 11.9 Å². The van der Waals surface area contributed by atoms with E-state index in [0.717, 1.165) is 55.2 Å². The number of nitriles is 1. The Morgan fingerprint density at radius 1 is 0.974 bits per heavy atom. The number of hydrogen-bond donors (Lipinski definition) is 1. The third kappa shape index (κ3) is 7.28. The van der Waals surface area contributed by atoms with Gasteiger partial charge in [-0.2, -0.15) is 5.26 Å². The van der Waals surface area contributed by atoms with Gasteiger partial charge in [-0.25, -0.2) is 9.97 Å². The summed E-state index contributed by atoms with van der Waals surface area (Å²) in [6.45, 7) is 3.06. The minimum atomic E-state index is -0.0333. The van der Waals surface area contributed by atoms with Crippen molar-refractivity contribution in [2.24, 2.45) is 0 Å². The highest BCUT2D eigenvalue weighted by Crippen LogP contribution is 2.24. The fourth-order valence-electron chi connectivity index (χ4n) is 4.69. The molecular weight excluding hydrogens is 486 g/mol. The van der Waals surface area contributed by atoms with E-state index in [2.05, 4.69) is 50.5 Å². The van der Waals surface area contributed by atoms with Crippen LogP contribution in [0.5, 0.6) is 5.75 Å². The highest BCUT2D eigenvalue weighted by Gasteiger charge is 2.20. The molecule has 0 saturated carbocycles. The molecule has 1 aliphatic heterocycles. The Kier molecular flexibility index (Phi) is 8.57. The van der Waals surface area contributed by atoms with Crippen LogP contribution in [0.3, 0.4) is 0 Å². The zero-order valence-corrected chi connectivity index (χ0v) is 21.8. The van der Waals surface area contributed by atoms with Gasteiger partial charge >= 0.3 is 0 Å². The molecule has 1 aromatic heterocycles. The highest BCUT2D eigenvalue weighted by molar-refractivity contribution is 5.96. The standard InChI is InChI=1S/C32H31N5O2/c33-19-4-7-31(38)26-10-8-25(9-11-26)30-16-20-34-32(36-30)35-27-12-14-28(15-13-27)39-29-17-21-37(22-18-29)23-24-5-2-1-3-6-24/h1-3,5-6,8-16,20,29H,4,7,17-18,21-23H2,(H,34,35,36). The van der Waals surface area contributed by atoms with Gasteiger partial charge < -0.3 is 10.1 Å². The third-order valence-electron chi connectivity index (χ3n) is 6.82. The number of carbonyl (C=O) groups excluding carboxylic acids is 1. The van der Waals surface area contributed by atoms with E-state index >= 15 is 0 Å². The fraction of sp³-hybridized carbons (Fsp3) is 0.250. The number of aromatic nitrogens is 2. The van der Waals surface area contributed by atoms with Gasteiger partial charge in [-0.05, 0) is 48.7 Å². The number of likely N-dealkylation sites (tertiary alicyclic amines) is 1. The number of carbonyl (C=O) groups is 1. The number of nitrogens with zero attached hydrogens (tertiary/aromatic N) is 4. The zero-order chi connectivity index (χ0) is 26.9. The van der Waals surface area contributed by atoms with Crippen molar-refractivity contribution in [3.05, 3.63) is 102 Å². The summed E-state index contributed by atoms with van der Waals surface area (Å²) in [5.74, 6) is 1.32. The molecule has 7 heteroatoms. The maximum Gasteiger partial charge on any atom is 0.227 e. The second-order valence-corrected chi connectivity index (χ2v) is 9.65. The van der Waals surface area contributed by atoms with Gasteiger partial charge in [0.15, 0.2) is 5.78 Å². The Hall–Kier alpha value is -4.54. The van der Waals surface area contributed by atoms with Gasteiger partial charge in [0.05, 0.1) is 11.8 Å². The Bertz CT molecular complexity index is 1410. The van der Waals surface area contributed by atoms with Crippen LogP contribution in [0.2, 0.25) is 0 Å². The van der Waals surface area contributed by atoms with Crippen LogP contribution < -0.4 is 10.1 Å². The lowest BCUT2D eigenvalue weighted by atomic mass is 10.0. The lowest BCUT2D eigenvalue weighted by molar-refractivity contribution is 0.0968. The molecule has 0 amide bonds. The maximum absolute atomic E-state index is 12.1. The number of ether oxygens (including phenoxy) is 1. The van der Waals surface area contributed by atoms with Gasteiger partial charge in [0, 0.05) is 55.5 Å². The van der Waals surface area contributed by atoms with Crippen LogP contribution in [0.1, 0.15) is 41.6 Å². The summed E-state index contributed by atoms with van der Waals surface area (Å²) in [4.78, 5) is 23.6. The maximum atomic E-state index is 12.1. The molecule has 3 aromatic carbocycles. The average molecular weight is 518 g/mol. The molecule has 1 fully saturated rings. The van der Waals surface area contributed by atoms with Crippen molar-refractivity contribution in [3.8, 4) is 23.1 Å². The van der Waals surface area contributed by atoms with Gasteiger partial charge in [0.2, 0.25) is 5.95 Å². The van der Waals surface area contributed by atoms with Crippen molar-refractivity contribution in [2.75, 3.05) is 18.4 Å². The van der Waals surface area contributed by atoms with Crippen LogP contribution in [0.4, 0.5) is 11.6 Å². The van der Waals surface area contributed by atoms with Crippen LogP contribution in [0, 0.1) is 11.3 Å². The van der Waals surface area contributed by atoms with E-state index in [9.17, 15) is 4.79 Å². The van der Waals surface area contributed by atoms with E-state index in [-0.39, 0.29) is 24.7 Å². The summed E-state index contributed by atoms with van der Waals surface area (Å²) < 4.78 is 6.26. The summed E-state index contributed by atoms with van der Waals surface area (Å²) in [6.07, 6.45) is 4.42. The number of anilines is 2. The molecule has 1 saturated heterocycles. The summed E-state index contributed by atoms with van der Waals surface area (Å²) in [7, 11) is 0. The third-order valence-corrected chi connectivity index (χ3v) is 6.82. The molecule has 0 spiro atoms. The number of benzene rings is 3. The van der Waals surface area contributed by atoms with Gasteiger partial charge in [-0.1, -0.05) is 54.6 Å². The Balaban J connectivity index is 1.13. The van der Waals surface area contributed by atoms with E-state index < -0.39 is 0 Å². The molecule has 4 aromatic rings. The fourth-order valence-corrected chi connectivity index (χ4v) is 4.69. The van der Waals surface area contributed by atoms with E-state index in [1.165, 1.54) is 5.56 Å². The summed E-state index contributed by atoms with van der Waals surface area (Å²) in [6, 6.07) is 29.6. The van der Waals surface area contributed by atoms with Gasteiger partial charge in [-0.15, -0.1) is 0 Å². The Morgan fingerprint density at radius 3 is 2.44 bits per heavy atom. The van der Waals surface area contributed by atoms with Crippen molar-refractivity contribution >= 4 is 17.4 Å². The second-order valence-electron chi connectivity index (χ2n) is 9.65. The van der Waals surface area contributed by atoms with Gasteiger partial charge in [0.25, 0.3) is 0 Å². The second kappa shape index (κ2) is 12.8. The first-order chi connectivity index (χ1) is 19.2. The molecule has 0 radical (unpaired) electrons. The lowest BCUT2D eigenvalue weighted by Gasteiger charge is -2.32. The SMILES string of the molecule is N#CCCC(=O)c1ccc(-c2ccnc(Nc3ccc(OC4CCN(Cc5ccccc5)CC4)cc3)n2)cc1. The van der Waals surface area contributed by atoms with Crippen molar-refractivity contribution < 1.29 is 9.53 Å². The molecule has 5 rings (SSSR count). The van der Waals surface area contributed by atoms with Crippen LogP contribution in [-0.2, 0) is 6.54 Å². The molecule has 2 heterocycles. The van der Waals surface area contributed by atoms with E-state index in [1.807, 2.05) is 48.5 Å². The van der Waals surface area contributed by atoms with Crippen LogP contribution in [0.15, 0.2) is 91.1 Å². The molecule has 0 aliphatic carbocycles. The van der Waals surface area contributed by atoms with Crippen LogP contribution in [-0.4, -0.2) is 39.8 Å². The van der Waals surface area contributed by atoms with E-state index in [1.54, 1.807) is 18.3 Å².